The number of amidine groups is 1. The molecule has 37 heavy (non-hydrogen) atoms. The number of hydrogen-bond donors (Lipinski definition) is 0. The van der Waals surface area contributed by atoms with E-state index in [-0.39, 0.29) is 16.7 Å². The lowest BCUT2D eigenvalue weighted by Gasteiger charge is -2.47. The lowest BCUT2D eigenvalue weighted by Crippen LogP contribution is -2.60. The second-order valence-electron chi connectivity index (χ2n) is 14.1. The van der Waals surface area contributed by atoms with Gasteiger partial charge in [0.25, 0.3) is 0 Å². The van der Waals surface area contributed by atoms with Crippen molar-refractivity contribution in [3.05, 3.63) is 0 Å². The van der Waals surface area contributed by atoms with Crippen LogP contribution in [0, 0.1) is 0 Å². The third-order valence-corrected chi connectivity index (χ3v) is 18.0. The van der Waals surface area contributed by atoms with Crippen molar-refractivity contribution < 1.29 is 27.5 Å². The molecule has 216 valence electrons. The minimum absolute atomic E-state index is 0.0164. The van der Waals surface area contributed by atoms with Crippen LogP contribution in [0.3, 0.4) is 0 Å². The molecule has 0 aromatic heterocycles. The topological polar surface area (TPSA) is 69.6 Å². The van der Waals surface area contributed by atoms with Crippen molar-refractivity contribution in [3.63, 3.8) is 0 Å². The molecule has 0 unspecified atom stereocenters. The predicted octanol–water partition coefficient (Wildman–Crippen LogP) is 7.19. The monoisotopic (exact) mass is 578 g/mol. The molecule has 1 saturated heterocycles. The molecule has 0 radical (unpaired) electrons. The summed E-state index contributed by atoms with van der Waals surface area (Å²) in [6, 6.07) is -0.768. The van der Waals surface area contributed by atoms with Crippen LogP contribution in [0.25, 0.3) is 0 Å². The zero-order valence-corrected chi connectivity index (χ0v) is 28.3. The van der Waals surface area contributed by atoms with E-state index < -0.39 is 58.2 Å². The maximum Gasteiger partial charge on any atom is 0.416 e. The summed E-state index contributed by atoms with van der Waals surface area (Å²) in [5.41, 5.74) is -1.21. The van der Waals surface area contributed by atoms with Gasteiger partial charge in [-0.25, -0.2) is 9.18 Å². The summed E-state index contributed by atoms with van der Waals surface area (Å²) in [4.78, 5) is 18.9. The third kappa shape index (κ3) is 7.81. The highest BCUT2D eigenvalue weighted by Crippen LogP contribution is 2.44. The largest absolute Gasteiger partial charge is 0.443 e. The highest BCUT2D eigenvalue weighted by molar-refractivity contribution is 8.14. The Morgan fingerprint density at radius 1 is 1.03 bits per heavy atom. The smallest absolute Gasteiger partial charge is 0.416 e. The Labute approximate surface area is 230 Å². The Morgan fingerprint density at radius 2 is 1.57 bits per heavy atom. The number of halogens is 1. The molecule has 1 fully saturated rings. The van der Waals surface area contributed by atoms with Crippen molar-refractivity contribution in [2.75, 3.05) is 13.2 Å². The molecule has 0 aromatic carbocycles. The fourth-order valence-corrected chi connectivity index (χ4v) is 7.06. The summed E-state index contributed by atoms with van der Waals surface area (Å²) in [6.45, 7) is 29.5. The quantitative estimate of drug-likeness (QED) is 0.311. The predicted molar refractivity (Wildman–Crippen MR) is 156 cm³/mol. The van der Waals surface area contributed by atoms with Gasteiger partial charge in [0.2, 0.25) is 0 Å². The number of ether oxygens (including phenoxy) is 2. The number of amides is 1. The van der Waals surface area contributed by atoms with E-state index in [0.29, 0.717) is 11.7 Å². The SMILES string of the molecule is CCN(C(=O)OC(C)(C)C)C1=N[C@@H]2[C@H](F)[C@H](O[Si](C)(C)C(C)(C)C)[C@@H](CO[Si](C)(C)C(C)(C)C)O[C@@H]2S1. The van der Waals surface area contributed by atoms with Gasteiger partial charge in [-0.1, -0.05) is 53.3 Å². The van der Waals surface area contributed by atoms with Gasteiger partial charge in [-0.05, 0) is 64.0 Å². The standard InChI is InChI=1S/C26H51FN2O5SSi2/c1-15-29(23(30)33-24(2,3)4)22-28-19-18(27)20(34-37(13,14)26(8,9)10)17(32-21(19)35-22)16-31-36(11,12)25(5,6)7/h17-21H,15-16H2,1-14H3/t17-,18+,19-,20-,21-/m1/s1. The fourth-order valence-electron chi connectivity index (χ4n) is 3.46. The Morgan fingerprint density at radius 3 is 2.03 bits per heavy atom. The maximum absolute atomic E-state index is 16.4. The minimum atomic E-state index is -2.33. The molecule has 2 rings (SSSR count). The number of carbonyl (C=O) groups is 1. The molecule has 0 bridgehead atoms. The van der Waals surface area contributed by atoms with Gasteiger partial charge in [0.1, 0.15) is 29.3 Å². The fraction of sp³-hybridized carbons (Fsp3) is 0.923. The van der Waals surface area contributed by atoms with Crippen LogP contribution in [0.2, 0.25) is 36.3 Å². The Bertz CT molecular complexity index is 851. The van der Waals surface area contributed by atoms with Crippen LogP contribution in [0.1, 0.15) is 69.2 Å². The van der Waals surface area contributed by atoms with Gasteiger partial charge in [0.15, 0.2) is 28.0 Å². The number of nitrogens with zero attached hydrogens (tertiary/aromatic N) is 2. The van der Waals surface area contributed by atoms with E-state index in [1.54, 1.807) is 0 Å². The first kappa shape index (κ1) is 32.7. The van der Waals surface area contributed by atoms with Crippen LogP contribution in [-0.4, -0.2) is 81.4 Å². The van der Waals surface area contributed by atoms with Crippen molar-refractivity contribution in [1.82, 2.24) is 4.90 Å². The van der Waals surface area contributed by atoms with E-state index in [1.807, 2.05) is 27.7 Å². The number of thioether (sulfide) groups is 1. The first-order valence-electron chi connectivity index (χ1n) is 13.4. The second kappa shape index (κ2) is 11.2. The van der Waals surface area contributed by atoms with Gasteiger partial charge in [0, 0.05) is 6.54 Å². The van der Waals surface area contributed by atoms with E-state index in [9.17, 15) is 4.79 Å². The molecule has 1 amide bonds. The van der Waals surface area contributed by atoms with Crippen molar-refractivity contribution in [2.45, 2.75) is 141 Å². The number of aliphatic imine (C=N–C) groups is 1. The third-order valence-electron chi connectivity index (χ3n) is 7.89. The van der Waals surface area contributed by atoms with Crippen LogP contribution in [0.4, 0.5) is 9.18 Å². The summed E-state index contributed by atoms with van der Waals surface area (Å²) in [6.07, 6.45) is -3.25. The normalized spacial score (nSPS) is 27.5. The molecule has 0 saturated carbocycles. The Kier molecular flexibility index (Phi) is 9.90. The van der Waals surface area contributed by atoms with Gasteiger partial charge in [-0.3, -0.25) is 9.89 Å². The van der Waals surface area contributed by atoms with Gasteiger partial charge in [0.05, 0.1) is 6.61 Å². The molecule has 0 aromatic rings. The molecular formula is C26H51FN2O5SSi2. The van der Waals surface area contributed by atoms with Crippen molar-refractivity contribution in [2.24, 2.45) is 4.99 Å². The average molecular weight is 579 g/mol. The minimum Gasteiger partial charge on any atom is -0.443 e. The highest BCUT2D eigenvalue weighted by atomic mass is 32.2. The van der Waals surface area contributed by atoms with Crippen LogP contribution < -0.4 is 0 Å². The van der Waals surface area contributed by atoms with Crippen LogP contribution >= 0.6 is 11.8 Å². The van der Waals surface area contributed by atoms with E-state index in [4.69, 9.17) is 18.3 Å². The summed E-state index contributed by atoms with van der Waals surface area (Å²) >= 11 is 1.28. The average Bonchev–Trinajstić information content (AvgIpc) is 3.10. The lowest BCUT2D eigenvalue weighted by atomic mass is 10.00. The highest BCUT2D eigenvalue weighted by Gasteiger charge is 2.54. The van der Waals surface area contributed by atoms with Gasteiger partial charge in [-0.2, -0.15) is 0 Å². The van der Waals surface area contributed by atoms with E-state index in [2.05, 4.69) is 72.7 Å². The van der Waals surface area contributed by atoms with Crippen molar-refractivity contribution >= 4 is 39.7 Å². The molecule has 2 aliphatic heterocycles. The Balaban J connectivity index is 2.35. The molecule has 2 heterocycles. The molecule has 0 aliphatic carbocycles. The summed E-state index contributed by atoms with van der Waals surface area (Å²) in [7, 11) is -4.42. The Hall–Kier alpha value is -0.466. The first-order chi connectivity index (χ1) is 16.5. The maximum atomic E-state index is 16.4. The van der Waals surface area contributed by atoms with Crippen LogP contribution in [0.5, 0.6) is 0 Å². The first-order valence-corrected chi connectivity index (χ1v) is 20.1. The zero-order valence-electron chi connectivity index (χ0n) is 25.5. The summed E-state index contributed by atoms with van der Waals surface area (Å²) < 4.78 is 41.6. The molecule has 0 spiro atoms. The number of fused-ring (bicyclic) bond motifs is 1. The van der Waals surface area contributed by atoms with Gasteiger partial charge in [-0.15, -0.1) is 0 Å². The van der Waals surface area contributed by atoms with Crippen molar-refractivity contribution in [1.29, 1.82) is 0 Å². The van der Waals surface area contributed by atoms with E-state index in [1.165, 1.54) is 16.7 Å². The summed E-state index contributed by atoms with van der Waals surface area (Å²) in [5.74, 6) is 0. The molecule has 7 nitrogen and oxygen atoms in total. The number of carbonyl (C=O) groups excluding carboxylic acids is 1. The molecular weight excluding hydrogens is 528 g/mol. The number of hydrogen-bond acceptors (Lipinski definition) is 7. The zero-order chi connectivity index (χ0) is 28.8. The molecule has 5 atom stereocenters. The number of rotatable bonds is 6. The molecule has 0 N–H and O–H groups in total. The molecule has 11 heteroatoms. The lowest BCUT2D eigenvalue weighted by molar-refractivity contribution is -0.137. The van der Waals surface area contributed by atoms with E-state index in [0.717, 1.165) is 0 Å². The van der Waals surface area contributed by atoms with Crippen LogP contribution in [0.15, 0.2) is 4.99 Å². The van der Waals surface area contributed by atoms with Crippen molar-refractivity contribution in [3.8, 4) is 0 Å². The van der Waals surface area contributed by atoms with Crippen LogP contribution in [-0.2, 0) is 18.3 Å². The summed E-state index contributed by atoms with van der Waals surface area (Å²) in [5, 5.41) is 0.345. The van der Waals surface area contributed by atoms with Gasteiger partial charge >= 0.3 is 6.09 Å². The number of alkyl halides is 1. The van der Waals surface area contributed by atoms with E-state index >= 15 is 4.39 Å². The second-order valence-corrected chi connectivity index (χ2v) is 24.8. The van der Waals surface area contributed by atoms with Gasteiger partial charge < -0.3 is 18.3 Å². The molecule has 2 aliphatic rings.